The highest BCUT2D eigenvalue weighted by Crippen LogP contribution is 2.25. The van der Waals surface area contributed by atoms with Gasteiger partial charge in [-0.1, -0.05) is 25.9 Å². The van der Waals surface area contributed by atoms with Crippen LogP contribution in [-0.4, -0.2) is 16.3 Å². The summed E-state index contributed by atoms with van der Waals surface area (Å²) in [6.45, 7) is 7.80. The van der Waals surface area contributed by atoms with Gasteiger partial charge in [0.2, 0.25) is 0 Å². The molecule has 4 nitrogen and oxygen atoms in total. The minimum Gasteiger partial charge on any atom is -0.385 e. The zero-order valence-electron chi connectivity index (χ0n) is 9.11. The Morgan fingerprint density at radius 3 is 2.43 bits per heavy atom. The summed E-state index contributed by atoms with van der Waals surface area (Å²) in [5, 5.41) is 13.4. The van der Waals surface area contributed by atoms with Crippen LogP contribution in [0, 0.1) is 0 Å². The molecule has 0 radical (unpaired) electrons. The van der Waals surface area contributed by atoms with Gasteiger partial charge < -0.3 is 15.4 Å². The minimum absolute atomic E-state index is 0.0944. The number of hydrogen-bond acceptors (Lipinski definition) is 4. The molecule has 0 aliphatic rings. The van der Waals surface area contributed by atoms with Gasteiger partial charge in [-0.05, 0) is 6.92 Å². The van der Waals surface area contributed by atoms with Crippen molar-refractivity contribution in [3.05, 3.63) is 17.5 Å². The van der Waals surface area contributed by atoms with Crippen molar-refractivity contribution in [2.45, 2.75) is 45.3 Å². The molecule has 1 aromatic rings. The van der Waals surface area contributed by atoms with Crippen molar-refractivity contribution < 1.29 is 9.63 Å². The number of aliphatic hydroxyl groups is 1. The summed E-state index contributed by atoms with van der Waals surface area (Å²) >= 11 is 0. The first-order valence-electron chi connectivity index (χ1n) is 4.73. The molecular weight excluding hydrogens is 180 g/mol. The van der Waals surface area contributed by atoms with Crippen LogP contribution in [0.2, 0.25) is 0 Å². The molecule has 1 rings (SSSR count). The lowest BCUT2D eigenvalue weighted by molar-refractivity contribution is 0.143. The second kappa shape index (κ2) is 3.71. The molecule has 0 bridgehead atoms. The SMILES string of the molecule is CC(N)C(O)c1cc(C(C)(C)C)on1. The molecule has 0 aliphatic heterocycles. The van der Waals surface area contributed by atoms with Gasteiger partial charge in [0, 0.05) is 17.5 Å². The van der Waals surface area contributed by atoms with Crippen molar-refractivity contribution in [2.24, 2.45) is 5.73 Å². The molecule has 4 heteroatoms. The average Bonchev–Trinajstić information content (AvgIpc) is 2.49. The van der Waals surface area contributed by atoms with Crippen LogP contribution >= 0.6 is 0 Å². The quantitative estimate of drug-likeness (QED) is 0.752. The lowest BCUT2D eigenvalue weighted by Crippen LogP contribution is -2.24. The van der Waals surface area contributed by atoms with Crippen LogP contribution in [0.25, 0.3) is 0 Å². The van der Waals surface area contributed by atoms with E-state index in [0.29, 0.717) is 5.69 Å². The zero-order chi connectivity index (χ0) is 10.9. The summed E-state index contributed by atoms with van der Waals surface area (Å²) in [5.41, 5.74) is 5.96. The molecule has 80 valence electrons. The second-order valence-corrected chi connectivity index (χ2v) is 4.67. The summed E-state index contributed by atoms with van der Waals surface area (Å²) in [5.74, 6) is 0.757. The predicted octanol–water partition coefficient (Wildman–Crippen LogP) is 1.35. The van der Waals surface area contributed by atoms with Gasteiger partial charge in [-0.2, -0.15) is 0 Å². The molecule has 0 aromatic carbocycles. The van der Waals surface area contributed by atoms with Crippen LogP contribution in [-0.2, 0) is 5.41 Å². The van der Waals surface area contributed by atoms with E-state index in [1.807, 2.05) is 20.8 Å². The summed E-state index contributed by atoms with van der Waals surface area (Å²) in [6, 6.07) is 1.42. The Kier molecular flexibility index (Phi) is 2.97. The predicted molar refractivity (Wildman–Crippen MR) is 53.8 cm³/mol. The second-order valence-electron chi connectivity index (χ2n) is 4.67. The van der Waals surface area contributed by atoms with E-state index in [1.165, 1.54) is 0 Å². The standard InChI is InChI=1S/C10H18N2O2/c1-6(11)9(13)7-5-8(14-12-7)10(2,3)4/h5-6,9,13H,11H2,1-4H3. The van der Waals surface area contributed by atoms with Crippen molar-refractivity contribution in [3.63, 3.8) is 0 Å². The van der Waals surface area contributed by atoms with Gasteiger partial charge in [0.1, 0.15) is 17.6 Å². The van der Waals surface area contributed by atoms with Crippen LogP contribution in [0.1, 0.15) is 45.3 Å². The molecular formula is C10H18N2O2. The van der Waals surface area contributed by atoms with Crippen molar-refractivity contribution in [3.8, 4) is 0 Å². The molecule has 1 heterocycles. The molecule has 0 saturated carbocycles. The van der Waals surface area contributed by atoms with Gasteiger partial charge in [0.15, 0.2) is 0 Å². The largest absolute Gasteiger partial charge is 0.385 e. The molecule has 0 amide bonds. The summed E-state index contributed by atoms with van der Waals surface area (Å²) < 4.78 is 5.13. The van der Waals surface area contributed by atoms with Gasteiger partial charge in [-0.3, -0.25) is 0 Å². The third-order valence-electron chi connectivity index (χ3n) is 2.07. The van der Waals surface area contributed by atoms with E-state index in [9.17, 15) is 5.11 Å². The van der Waals surface area contributed by atoms with Crippen LogP contribution in [0.15, 0.2) is 10.6 Å². The van der Waals surface area contributed by atoms with Crippen LogP contribution in [0.5, 0.6) is 0 Å². The maximum atomic E-state index is 9.63. The Labute approximate surface area is 84.1 Å². The van der Waals surface area contributed by atoms with E-state index in [4.69, 9.17) is 10.3 Å². The van der Waals surface area contributed by atoms with Crippen LogP contribution in [0.3, 0.4) is 0 Å². The van der Waals surface area contributed by atoms with E-state index in [2.05, 4.69) is 5.16 Å². The smallest absolute Gasteiger partial charge is 0.142 e. The molecule has 0 fully saturated rings. The maximum absolute atomic E-state index is 9.63. The van der Waals surface area contributed by atoms with E-state index >= 15 is 0 Å². The van der Waals surface area contributed by atoms with E-state index in [-0.39, 0.29) is 11.5 Å². The fourth-order valence-corrected chi connectivity index (χ4v) is 1.05. The number of hydrogen-bond donors (Lipinski definition) is 2. The first-order valence-corrected chi connectivity index (χ1v) is 4.73. The topological polar surface area (TPSA) is 72.3 Å². The maximum Gasteiger partial charge on any atom is 0.142 e. The molecule has 2 atom stereocenters. The molecule has 14 heavy (non-hydrogen) atoms. The Morgan fingerprint density at radius 1 is 1.50 bits per heavy atom. The monoisotopic (exact) mass is 198 g/mol. The van der Waals surface area contributed by atoms with Gasteiger partial charge in [-0.25, -0.2) is 0 Å². The van der Waals surface area contributed by atoms with Crippen LogP contribution < -0.4 is 5.73 Å². The van der Waals surface area contributed by atoms with E-state index in [0.717, 1.165) is 5.76 Å². The van der Waals surface area contributed by atoms with Crippen molar-refractivity contribution in [2.75, 3.05) is 0 Å². The lowest BCUT2D eigenvalue weighted by Gasteiger charge is -2.12. The fraction of sp³-hybridized carbons (Fsp3) is 0.700. The summed E-state index contributed by atoms with van der Waals surface area (Å²) in [6.07, 6.45) is -0.755. The Bertz CT molecular complexity index is 299. The lowest BCUT2D eigenvalue weighted by atomic mass is 9.93. The normalized spacial score (nSPS) is 16.7. The molecule has 2 unspecified atom stereocenters. The van der Waals surface area contributed by atoms with Crippen molar-refractivity contribution >= 4 is 0 Å². The van der Waals surface area contributed by atoms with Crippen LogP contribution in [0.4, 0.5) is 0 Å². The zero-order valence-corrected chi connectivity index (χ0v) is 9.11. The highest BCUT2D eigenvalue weighted by atomic mass is 16.5. The van der Waals surface area contributed by atoms with E-state index < -0.39 is 6.10 Å². The Morgan fingerprint density at radius 2 is 2.07 bits per heavy atom. The number of aliphatic hydroxyl groups excluding tert-OH is 1. The third kappa shape index (κ3) is 2.33. The summed E-state index contributed by atoms with van der Waals surface area (Å²) in [4.78, 5) is 0. The van der Waals surface area contributed by atoms with Crippen molar-refractivity contribution in [1.82, 2.24) is 5.16 Å². The van der Waals surface area contributed by atoms with E-state index in [1.54, 1.807) is 13.0 Å². The Hall–Kier alpha value is -0.870. The minimum atomic E-state index is -0.755. The number of aromatic nitrogens is 1. The summed E-state index contributed by atoms with van der Waals surface area (Å²) in [7, 11) is 0. The van der Waals surface area contributed by atoms with Gasteiger partial charge in [0.25, 0.3) is 0 Å². The highest BCUT2D eigenvalue weighted by molar-refractivity contribution is 5.15. The van der Waals surface area contributed by atoms with Gasteiger partial charge in [-0.15, -0.1) is 0 Å². The number of nitrogens with two attached hydrogens (primary N) is 1. The average molecular weight is 198 g/mol. The number of rotatable bonds is 2. The molecule has 3 N–H and O–H groups in total. The van der Waals surface area contributed by atoms with Gasteiger partial charge >= 0.3 is 0 Å². The molecule has 1 aromatic heterocycles. The third-order valence-corrected chi connectivity index (χ3v) is 2.07. The molecule has 0 aliphatic carbocycles. The van der Waals surface area contributed by atoms with Gasteiger partial charge in [0.05, 0.1) is 0 Å². The van der Waals surface area contributed by atoms with Crippen molar-refractivity contribution in [1.29, 1.82) is 0 Å². The Balaban J connectivity index is 2.89. The highest BCUT2D eigenvalue weighted by Gasteiger charge is 2.23. The number of nitrogens with zero attached hydrogens (tertiary/aromatic N) is 1. The first-order chi connectivity index (χ1) is 6.32. The molecule has 0 saturated heterocycles. The molecule has 0 spiro atoms. The fourth-order valence-electron chi connectivity index (χ4n) is 1.05. The first kappa shape index (κ1) is 11.2.